The van der Waals surface area contributed by atoms with E-state index in [0.29, 0.717) is 12.3 Å². The zero-order chi connectivity index (χ0) is 22.9. The Morgan fingerprint density at radius 2 is 1.78 bits per heavy atom. The SMILES string of the molecule is COc1ccc(CN(C(=O)COc2cccc(C)c2)[C@@H](C)C(=O)NC2CCCCC2)cc1. The predicted octanol–water partition coefficient (Wildman–Crippen LogP) is 4.25. The van der Waals surface area contributed by atoms with Gasteiger partial charge in [-0.3, -0.25) is 9.59 Å². The Labute approximate surface area is 190 Å². The van der Waals surface area contributed by atoms with Crippen LogP contribution in [0.1, 0.15) is 50.2 Å². The van der Waals surface area contributed by atoms with Crippen molar-refractivity contribution in [1.29, 1.82) is 0 Å². The van der Waals surface area contributed by atoms with Gasteiger partial charge in [0.15, 0.2) is 6.61 Å². The molecule has 6 nitrogen and oxygen atoms in total. The summed E-state index contributed by atoms with van der Waals surface area (Å²) in [6, 6.07) is 14.7. The van der Waals surface area contributed by atoms with Crippen molar-refractivity contribution in [3.63, 3.8) is 0 Å². The lowest BCUT2D eigenvalue weighted by atomic mass is 9.95. The Kier molecular flexibility index (Phi) is 8.54. The number of hydrogen-bond acceptors (Lipinski definition) is 4. The maximum atomic E-state index is 13.2. The third kappa shape index (κ3) is 6.74. The van der Waals surface area contributed by atoms with Crippen molar-refractivity contribution in [3.8, 4) is 11.5 Å². The van der Waals surface area contributed by atoms with Crippen LogP contribution in [0, 0.1) is 6.92 Å². The molecule has 1 N–H and O–H groups in total. The van der Waals surface area contributed by atoms with Crippen molar-refractivity contribution in [2.24, 2.45) is 0 Å². The molecule has 3 rings (SSSR count). The van der Waals surface area contributed by atoms with Crippen LogP contribution in [0.3, 0.4) is 0 Å². The van der Waals surface area contributed by atoms with E-state index in [-0.39, 0.29) is 24.5 Å². The number of nitrogens with zero attached hydrogens (tertiary/aromatic N) is 1. The molecular weight excluding hydrogens is 404 g/mol. The van der Waals surface area contributed by atoms with Gasteiger partial charge in [0.1, 0.15) is 17.5 Å². The number of carbonyl (C=O) groups is 2. The largest absolute Gasteiger partial charge is 0.497 e. The number of amides is 2. The lowest BCUT2D eigenvalue weighted by Crippen LogP contribution is -2.51. The van der Waals surface area contributed by atoms with Gasteiger partial charge in [-0.1, -0.05) is 43.5 Å². The standard InChI is InChI=1S/C26H34N2O4/c1-19-8-7-11-24(16-19)32-18-25(29)28(17-21-12-14-23(31-3)15-13-21)20(2)26(30)27-22-9-5-4-6-10-22/h7-8,11-16,20,22H,4-6,9-10,17-18H2,1-3H3,(H,27,30)/t20-/m0/s1. The Morgan fingerprint density at radius 3 is 2.44 bits per heavy atom. The molecule has 1 saturated carbocycles. The fraction of sp³-hybridized carbons (Fsp3) is 0.462. The van der Waals surface area contributed by atoms with Gasteiger partial charge >= 0.3 is 0 Å². The Bertz CT molecular complexity index is 891. The number of rotatable bonds is 9. The minimum absolute atomic E-state index is 0.116. The van der Waals surface area contributed by atoms with Crippen LogP contribution < -0.4 is 14.8 Å². The third-order valence-corrected chi connectivity index (χ3v) is 5.98. The van der Waals surface area contributed by atoms with E-state index in [4.69, 9.17) is 9.47 Å². The highest BCUT2D eigenvalue weighted by Gasteiger charge is 2.28. The van der Waals surface area contributed by atoms with Crippen LogP contribution in [0.4, 0.5) is 0 Å². The summed E-state index contributed by atoms with van der Waals surface area (Å²) in [5, 5.41) is 3.15. The second kappa shape index (κ2) is 11.6. The van der Waals surface area contributed by atoms with E-state index in [0.717, 1.165) is 42.6 Å². The molecule has 0 aromatic heterocycles. The molecule has 1 fully saturated rings. The van der Waals surface area contributed by atoms with Crippen LogP contribution in [-0.2, 0) is 16.1 Å². The molecule has 1 aliphatic rings. The van der Waals surface area contributed by atoms with Crippen LogP contribution >= 0.6 is 0 Å². The third-order valence-electron chi connectivity index (χ3n) is 5.98. The first kappa shape index (κ1) is 23.6. The van der Waals surface area contributed by atoms with Crippen molar-refractivity contribution in [2.45, 2.75) is 64.6 Å². The highest BCUT2D eigenvalue weighted by atomic mass is 16.5. The second-order valence-electron chi connectivity index (χ2n) is 8.49. The van der Waals surface area contributed by atoms with Crippen LogP contribution in [0.15, 0.2) is 48.5 Å². The summed E-state index contributed by atoms with van der Waals surface area (Å²) >= 11 is 0. The van der Waals surface area contributed by atoms with Crippen molar-refractivity contribution >= 4 is 11.8 Å². The lowest BCUT2D eigenvalue weighted by molar-refractivity contribution is -0.142. The minimum atomic E-state index is -0.604. The first-order valence-electron chi connectivity index (χ1n) is 11.4. The van der Waals surface area contributed by atoms with Gasteiger partial charge in [-0.2, -0.15) is 0 Å². The molecular formula is C26H34N2O4. The highest BCUT2D eigenvalue weighted by molar-refractivity contribution is 5.88. The van der Waals surface area contributed by atoms with E-state index in [1.165, 1.54) is 6.42 Å². The summed E-state index contributed by atoms with van der Waals surface area (Å²) in [6.45, 7) is 3.95. The molecule has 2 amide bonds. The maximum absolute atomic E-state index is 13.2. The van der Waals surface area contributed by atoms with Crippen molar-refractivity contribution < 1.29 is 19.1 Å². The molecule has 0 radical (unpaired) electrons. The summed E-state index contributed by atoms with van der Waals surface area (Å²) in [5.74, 6) is 1.04. The molecule has 0 saturated heterocycles. The normalized spacial score (nSPS) is 15.0. The Balaban J connectivity index is 1.70. The van der Waals surface area contributed by atoms with E-state index in [9.17, 15) is 9.59 Å². The molecule has 172 valence electrons. The van der Waals surface area contributed by atoms with Crippen LogP contribution in [0.2, 0.25) is 0 Å². The van der Waals surface area contributed by atoms with Crippen molar-refractivity contribution in [2.75, 3.05) is 13.7 Å². The topological polar surface area (TPSA) is 67.9 Å². The maximum Gasteiger partial charge on any atom is 0.261 e. The van der Waals surface area contributed by atoms with E-state index in [1.54, 1.807) is 18.9 Å². The highest BCUT2D eigenvalue weighted by Crippen LogP contribution is 2.19. The van der Waals surface area contributed by atoms with Gasteiger partial charge in [-0.25, -0.2) is 0 Å². The quantitative estimate of drug-likeness (QED) is 0.636. The van der Waals surface area contributed by atoms with Gasteiger partial charge in [-0.05, 0) is 62.1 Å². The number of ether oxygens (including phenoxy) is 2. The molecule has 0 unspecified atom stereocenters. The molecule has 0 bridgehead atoms. The second-order valence-corrected chi connectivity index (χ2v) is 8.49. The molecule has 1 atom stereocenters. The van der Waals surface area contributed by atoms with Gasteiger partial charge < -0.3 is 19.7 Å². The van der Waals surface area contributed by atoms with E-state index in [2.05, 4.69) is 5.32 Å². The number of carbonyl (C=O) groups excluding carboxylic acids is 2. The van der Waals surface area contributed by atoms with E-state index < -0.39 is 6.04 Å². The lowest BCUT2D eigenvalue weighted by Gasteiger charge is -2.31. The first-order valence-corrected chi connectivity index (χ1v) is 11.4. The first-order chi connectivity index (χ1) is 15.5. The van der Waals surface area contributed by atoms with Gasteiger partial charge in [0.2, 0.25) is 5.91 Å². The fourth-order valence-corrected chi connectivity index (χ4v) is 4.01. The van der Waals surface area contributed by atoms with Crippen LogP contribution in [0.25, 0.3) is 0 Å². The fourth-order valence-electron chi connectivity index (χ4n) is 4.01. The smallest absolute Gasteiger partial charge is 0.261 e. The van der Waals surface area contributed by atoms with E-state index in [1.807, 2.05) is 55.5 Å². The number of aryl methyl sites for hydroxylation is 1. The molecule has 2 aromatic carbocycles. The monoisotopic (exact) mass is 438 g/mol. The summed E-state index contributed by atoms with van der Waals surface area (Å²) in [5.41, 5.74) is 1.98. The Morgan fingerprint density at radius 1 is 1.06 bits per heavy atom. The molecule has 32 heavy (non-hydrogen) atoms. The van der Waals surface area contributed by atoms with Crippen molar-refractivity contribution in [3.05, 3.63) is 59.7 Å². The summed E-state index contributed by atoms with van der Waals surface area (Å²) in [4.78, 5) is 27.8. The van der Waals surface area contributed by atoms with Crippen LogP contribution in [0.5, 0.6) is 11.5 Å². The predicted molar refractivity (Wildman–Crippen MR) is 125 cm³/mol. The number of methoxy groups -OCH3 is 1. The summed E-state index contributed by atoms with van der Waals surface area (Å²) in [6.07, 6.45) is 5.50. The zero-order valence-corrected chi connectivity index (χ0v) is 19.3. The molecule has 1 aliphatic carbocycles. The number of nitrogens with one attached hydrogen (secondary N) is 1. The van der Waals surface area contributed by atoms with E-state index >= 15 is 0 Å². The van der Waals surface area contributed by atoms with Crippen LogP contribution in [-0.4, -0.2) is 42.5 Å². The number of hydrogen-bond donors (Lipinski definition) is 1. The minimum Gasteiger partial charge on any atom is -0.497 e. The molecule has 0 aliphatic heterocycles. The van der Waals surface area contributed by atoms with Gasteiger partial charge in [0.25, 0.3) is 5.91 Å². The van der Waals surface area contributed by atoms with Gasteiger partial charge in [0, 0.05) is 12.6 Å². The molecule has 0 heterocycles. The zero-order valence-electron chi connectivity index (χ0n) is 19.3. The Hall–Kier alpha value is -3.02. The molecule has 6 heteroatoms. The number of benzene rings is 2. The molecule has 2 aromatic rings. The summed E-state index contributed by atoms with van der Waals surface area (Å²) < 4.78 is 11.0. The summed E-state index contributed by atoms with van der Waals surface area (Å²) in [7, 11) is 1.62. The average Bonchev–Trinajstić information content (AvgIpc) is 2.81. The average molecular weight is 439 g/mol. The molecule has 0 spiro atoms. The van der Waals surface area contributed by atoms with Crippen molar-refractivity contribution in [1.82, 2.24) is 10.2 Å². The van der Waals surface area contributed by atoms with Gasteiger partial charge in [-0.15, -0.1) is 0 Å². The van der Waals surface area contributed by atoms with Gasteiger partial charge in [0.05, 0.1) is 7.11 Å².